The van der Waals surface area contributed by atoms with Crippen molar-refractivity contribution in [3.8, 4) is 11.8 Å². The van der Waals surface area contributed by atoms with Crippen molar-refractivity contribution < 1.29 is 0 Å². The van der Waals surface area contributed by atoms with Gasteiger partial charge in [-0.05, 0) is 67.5 Å². The lowest BCUT2D eigenvalue weighted by atomic mass is 9.91. The lowest BCUT2D eigenvalue weighted by Gasteiger charge is -2.39. The minimum absolute atomic E-state index is 0.154. The van der Waals surface area contributed by atoms with E-state index in [0.717, 1.165) is 0 Å². The van der Waals surface area contributed by atoms with Crippen LogP contribution in [-0.4, -0.2) is 23.5 Å². The van der Waals surface area contributed by atoms with Crippen molar-refractivity contribution in [2.45, 2.75) is 59.9 Å². The maximum Gasteiger partial charge on any atom is 0.0230 e. The highest BCUT2D eigenvalue weighted by Crippen LogP contribution is 2.23. The second-order valence-corrected chi connectivity index (χ2v) is 6.95. The molecule has 0 bridgehead atoms. The van der Waals surface area contributed by atoms with Crippen molar-refractivity contribution in [1.29, 1.82) is 0 Å². The lowest BCUT2D eigenvalue weighted by Crippen LogP contribution is -2.45. The zero-order valence-electron chi connectivity index (χ0n) is 11.9. The fourth-order valence-corrected chi connectivity index (χ4v) is 2.01. The Morgan fingerprint density at radius 1 is 0.938 bits per heavy atom. The molecule has 0 saturated carbocycles. The normalized spacial score (nSPS) is 20.4. The Kier molecular flexibility index (Phi) is 4.07. The van der Waals surface area contributed by atoms with Gasteiger partial charge >= 0.3 is 0 Å². The molecule has 1 fully saturated rings. The highest BCUT2D eigenvalue weighted by Gasteiger charge is 2.26. The average molecular weight is 221 g/mol. The zero-order chi connectivity index (χ0) is 12.4. The van der Waals surface area contributed by atoms with Gasteiger partial charge in [0.25, 0.3) is 0 Å². The number of piperidine rings is 1. The molecular formula is C15H27N. The largest absolute Gasteiger partial charge is 0.298 e. The standard InChI is InChI=1S/C15H27N/c1-14(2,3)10-7-13-8-11-16(12-9-13)15(4,5)6/h13H,8-9,11-12H2,1-6H3. The van der Waals surface area contributed by atoms with Crippen LogP contribution in [0.3, 0.4) is 0 Å². The average Bonchev–Trinajstić information content (AvgIpc) is 2.13. The molecule has 0 atom stereocenters. The van der Waals surface area contributed by atoms with Crippen LogP contribution in [0.1, 0.15) is 54.4 Å². The third kappa shape index (κ3) is 4.58. The van der Waals surface area contributed by atoms with Gasteiger partial charge in [0.05, 0.1) is 0 Å². The summed E-state index contributed by atoms with van der Waals surface area (Å²) in [6.07, 6.45) is 2.47. The molecule has 1 saturated heterocycles. The highest BCUT2D eigenvalue weighted by molar-refractivity contribution is 5.11. The molecule has 0 aliphatic carbocycles. The smallest absolute Gasteiger partial charge is 0.0230 e. The SMILES string of the molecule is CC(C)(C)C#CC1CCN(C(C)(C)C)CC1. The third-order valence-electron chi connectivity index (χ3n) is 3.09. The second kappa shape index (κ2) is 4.80. The van der Waals surface area contributed by atoms with Gasteiger partial charge < -0.3 is 0 Å². The Hall–Kier alpha value is -0.480. The minimum Gasteiger partial charge on any atom is -0.298 e. The van der Waals surface area contributed by atoms with Gasteiger partial charge in [-0.25, -0.2) is 0 Å². The predicted octanol–water partition coefficient (Wildman–Crippen LogP) is 3.55. The molecule has 92 valence electrons. The summed E-state index contributed by atoms with van der Waals surface area (Å²) in [6.45, 7) is 15.9. The van der Waals surface area contributed by atoms with Gasteiger partial charge in [0, 0.05) is 16.9 Å². The third-order valence-corrected chi connectivity index (χ3v) is 3.09. The van der Waals surface area contributed by atoms with Crippen molar-refractivity contribution in [2.24, 2.45) is 11.3 Å². The summed E-state index contributed by atoms with van der Waals surface area (Å²) in [6, 6.07) is 0. The molecule has 1 heterocycles. The Balaban J connectivity index is 2.46. The fraction of sp³-hybridized carbons (Fsp3) is 0.867. The molecule has 1 aliphatic rings. The van der Waals surface area contributed by atoms with Gasteiger partial charge in [0.2, 0.25) is 0 Å². The Bertz CT molecular complexity index is 271. The van der Waals surface area contributed by atoms with Crippen LogP contribution in [0.25, 0.3) is 0 Å². The van der Waals surface area contributed by atoms with Gasteiger partial charge in [0.15, 0.2) is 0 Å². The molecule has 1 aliphatic heterocycles. The van der Waals surface area contributed by atoms with E-state index >= 15 is 0 Å². The number of hydrogen-bond acceptors (Lipinski definition) is 1. The van der Waals surface area contributed by atoms with Crippen molar-refractivity contribution in [2.75, 3.05) is 13.1 Å². The number of likely N-dealkylation sites (tertiary alicyclic amines) is 1. The van der Waals surface area contributed by atoms with Gasteiger partial charge in [-0.15, -0.1) is 0 Å². The molecule has 0 aromatic heterocycles. The van der Waals surface area contributed by atoms with Crippen LogP contribution in [0.4, 0.5) is 0 Å². The van der Waals surface area contributed by atoms with Gasteiger partial charge in [0.1, 0.15) is 0 Å². The van der Waals surface area contributed by atoms with Gasteiger partial charge in [-0.3, -0.25) is 4.90 Å². The van der Waals surface area contributed by atoms with Crippen LogP contribution >= 0.6 is 0 Å². The molecule has 0 N–H and O–H groups in total. The summed E-state index contributed by atoms with van der Waals surface area (Å²) >= 11 is 0. The molecule has 0 radical (unpaired) electrons. The molecule has 1 heteroatoms. The van der Waals surface area contributed by atoms with Crippen molar-refractivity contribution >= 4 is 0 Å². The molecule has 0 aromatic carbocycles. The summed E-state index contributed by atoms with van der Waals surface area (Å²) in [5.41, 5.74) is 0.476. The van der Waals surface area contributed by atoms with Crippen LogP contribution in [0.2, 0.25) is 0 Å². The minimum atomic E-state index is 0.154. The number of nitrogens with zero attached hydrogens (tertiary/aromatic N) is 1. The topological polar surface area (TPSA) is 3.24 Å². The van der Waals surface area contributed by atoms with Gasteiger partial charge in [-0.1, -0.05) is 11.8 Å². The molecular weight excluding hydrogens is 194 g/mol. The monoisotopic (exact) mass is 221 g/mol. The zero-order valence-corrected chi connectivity index (χ0v) is 11.9. The van der Waals surface area contributed by atoms with E-state index in [4.69, 9.17) is 0 Å². The maximum absolute atomic E-state index is 3.46. The van der Waals surface area contributed by atoms with E-state index in [1.807, 2.05) is 0 Å². The van der Waals surface area contributed by atoms with Crippen molar-refractivity contribution in [3.05, 3.63) is 0 Å². The first-order chi connectivity index (χ1) is 7.18. The van der Waals surface area contributed by atoms with E-state index in [0.29, 0.717) is 11.5 Å². The van der Waals surface area contributed by atoms with Crippen LogP contribution in [0.5, 0.6) is 0 Å². The summed E-state index contributed by atoms with van der Waals surface area (Å²) in [4.78, 5) is 2.57. The van der Waals surface area contributed by atoms with Crippen molar-refractivity contribution in [1.82, 2.24) is 4.90 Å². The maximum atomic E-state index is 3.46. The van der Waals surface area contributed by atoms with E-state index in [9.17, 15) is 0 Å². The molecule has 1 nitrogen and oxygen atoms in total. The first kappa shape index (κ1) is 13.6. The first-order valence-electron chi connectivity index (χ1n) is 6.46. The molecule has 0 unspecified atom stereocenters. The first-order valence-corrected chi connectivity index (χ1v) is 6.46. The van der Waals surface area contributed by atoms with E-state index in [-0.39, 0.29) is 5.41 Å². The molecule has 0 spiro atoms. The van der Waals surface area contributed by atoms with E-state index < -0.39 is 0 Å². The van der Waals surface area contributed by atoms with Crippen LogP contribution in [-0.2, 0) is 0 Å². The summed E-state index contributed by atoms with van der Waals surface area (Å²) in [5.74, 6) is 7.46. The predicted molar refractivity (Wildman–Crippen MR) is 71.3 cm³/mol. The lowest BCUT2D eigenvalue weighted by molar-refractivity contribution is 0.0987. The van der Waals surface area contributed by atoms with E-state index in [1.165, 1.54) is 25.9 Å². The molecule has 1 rings (SSSR count). The summed E-state index contributed by atoms with van der Waals surface area (Å²) in [7, 11) is 0. The second-order valence-electron chi connectivity index (χ2n) is 6.95. The Morgan fingerprint density at radius 2 is 1.44 bits per heavy atom. The quantitative estimate of drug-likeness (QED) is 0.565. The Labute approximate surface area is 102 Å². The number of hydrogen-bond donors (Lipinski definition) is 0. The molecule has 0 amide bonds. The Morgan fingerprint density at radius 3 is 1.81 bits per heavy atom. The van der Waals surface area contributed by atoms with Crippen LogP contribution in [0, 0.1) is 23.2 Å². The highest BCUT2D eigenvalue weighted by atomic mass is 15.2. The summed E-state index contributed by atoms with van der Waals surface area (Å²) in [5, 5.41) is 0. The number of rotatable bonds is 0. The van der Waals surface area contributed by atoms with E-state index in [2.05, 4.69) is 58.3 Å². The van der Waals surface area contributed by atoms with Gasteiger partial charge in [-0.2, -0.15) is 0 Å². The van der Waals surface area contributed by atoms with Crippen LogP contribution < -0.4 is 0 Å². The fourth-order valence-electron chi connectivity index (χ4n) is 2.01. The van der Waals surface area contributed by atoms with Crippen LogP contribution in [0.15, 0.2) is 0 Å². The molecule has 0 aromatic rings. The summed E-state index contributed by atoms with van der Waals surface area (Å²) < 4.78 is 0. The molecule has 16 heavy (non-hydrogen) atoms. The van der Waals surface area contributed by atoms with E-state index in [1.54, 1.807) is 0 Å². The van der Waals surface area contributed by atoms with Crippen molar-refractivity contribution in [3.63, 3.8) is 0 Å².